The maximum Gasteiger partial charge on any atom is 0.142 e. The summed E-state index contributed by atoms with van der Waals surface area (Å²) in [5.74, 6) is 0.818. The van der Waals surface area contributed by atoms with Crippen LogP contribution in [0.15, 0.2) is 18.2 Å². The lowest BCUT2D eigenvalue weighted by molar-refractivity contribution is 0.145. The molecule has 0 aliphatic heterocycles. The van der Waals surface area contributed by atoms with Crippen LogP contribution >= 0.6 is 0 Å². The van der Waals surface area contributed by atoms with Gasteiger partial charge in [0.05, 0.1) is 0 Å². The average Bonchev–Trinajstić information content (AvgIpc) is 2.29. The number of nitriles is 1. The van der Waals surface area contributed by atoms with Crippen LogP contribution in [-0.2, 0) is 0 Å². The minimum atomic E-state index is 0.476. The molecular formula is C13H17N3. The van der Waals surface area contributed by atoms with Crippen molar-refractivity contribution in [1.82, 2.24) is 4.98 Å². The lowest BCUT2D eigenvalue weighted by Crippen LogP contribution is -2.36. The Bertz CT molecular complexity index is 396. The largest absolute Gasteiger partial charge is 0.369 e. The van der Waals surface area contributed by atoms with Crippen LogP contribution < -0.4 is 5.32 Å². The number of hydrogen-bond donors (Lipinski definition) is 1. The number of hydrogen-bond acceptors (Lipinski definition) is 3. The highest BCUT2D eigenvalue weighted by Gasteiger charge is 2.34. The Morgan fingerprint density at radius 1 is 1.50 bits per heavy atom. The molecule has 0 saturated heterocycles. The van der Waals surface area contributed by atoms with E-state index >= 15 is 0 Å². The van der Waals surface area contributed by atoms with Gasteiger partial charge < -0.3 is 5.32 Å². The summed E-state index contributed by atoms with van der Waals surface area (Å²) in [7, 11) is 0. The van der Waals surface area contributed by atoms with E-state index < -0.39 is 0 Å². The summed E-state index contributed by atoms with van der Waals surface area (Å²) in [6, 6.07) is 7.57. The number of anilines is 1. The van der Waals surface area contributed by atoms with Crippen LogP contribution in [0, 0.1) is 16.7 Å². The molecule has 0 spiro atoms. The molecule has 1 aliphatic rings. The van der Waals surface area contributed by atoms with Gasteiger partial charge in [-0.25, -0.2) is 4.98 Å². The fourth-order valence-electron chi connectivity index (χ4n) is 2.21. The highest BCUT2D eigenvalue weighted by atomic mass is 15.0. The molecule has 1 heterocycles. The minimum absolute atomic E-state index is 0.476. The maximum absolute atomic E-state index is 8.75. The Morgan fingerprint density at radius 2 is 2.31 bits per heavy atom. The van der Waals surface area contributed by atoms with Gasteiger partial charge in [0.1, 0.15) is 17.6 Å². The quantitative estimate of drug-likeness (QED) is 0.840. The average molecular weight is 215 g/mol. The monoisotopic (exact) mass is 215 g/mol. The van der Waals surface area contributed by atoms with E-state index in [1.165, 1.54) is 25.7 Å². The topological polar surface area (TPSA) is 48.7 Å². The third-order valence-electron chi connectivity index (χ3n) is 3.67. The predicted molar refractivity (Wildman–Crippen MR) is 64.0 cm³/mol. The second kappa shape index (κ2) is 4.52. The van der Waals surface area contributed by atoms with Gasteiger partial charge in [0, 0.05) is 6.54 Å². The summed E-state index contributed by atoms with van der Waals surface area (Å²) in [5, 5.41) is 12.1. The molecule has 3 heteroatoms. The van der Waals surface area contributed by atoms with E-state index in [1.807, 2.05) is 12.1 Å². The number of rotatable bonds is 4. The Balaban J connectivity index is 1.96. The summed E-state index contributed by atoms with van der Waals surface area (Å²) < 4.78 is 0. The smallest absolute Gasteiger partial charge is 0.142 e. The Morgan fingerprint density at radius 3 is 2.88 bits per heavy atom. The van der Waals surface area contributed by atoms with Gasteiger partial charge in [-0.05, 0) is 36.8 Å². The van der Waals surface area contributed by atoms with E-state index in [4.69, 9.17) is 5.26 Å². The lowest BCUT2D eigenvalue weighted by atomic mass is 9.67. The van der Waals surface area contributed by atoms with Crippen molar-refractivity contribution in [2.75, 3.05) is 11.9 Å². The van der Waals surface area contributed by atoms with Crippen LogP contribution in [0.25, 0.3) is 0 Å². The van der Waals surface area contributed by atoms with Gasteiger partial charge in [0.2, 0.25) is 0 Å². The van der Waals surface area contributed by atoms with Crippen LogP contribution in [0.1, 0.15) is 38.3 Å². The van der Waals surface area contributed by atoms with E-state index in [9.17, 15) is 0 Å². The molecule has 1 aliphatic carbocycles. The Labute approximate surface area is 96.5 Å². The zero-order chi connectivity index (χ0) is 11.4. The first-order chi connectivity index (χ1) is 7.78. The van der Waals surface area contributed by atoms with E-state index in [1.54, 1.807) is 6.07 Å². The normalized spacial score (nSPS) is 17.2. The highest BCUT2D eigenvalue weighted by molar-refractivity contribution is 5.38. The molecule has 1 aromatic heterocycles. The van der Waals surface area contributed by atoms with E-state index in [2.05, 4.69) is 23.3 Å². The molecule has 0 atom stereocenters. The van der Waals surface area contributed by atoms with Crippen molar-refractivity contribution in [2.45, 2.75) is 32.6 Å². The van der Waals surface area contributed by atoms with Gasteiger partial charge in [-0.1, -0.05) is 19.4 Å². The van der Waals surface area contributed by atoms with Crippen LogP contribution in [0.2, 0.25) is 0 Å². The first-order valence-electron chi connectivity index (χ1n) is 5.89. The van der Waals surface area contributed by atoms with Gasteiger partial charge >= 0.3 is 0 Å². The van der Waals surface area contributed by atoms with Gasteiger partial charge in [-0.2, -0.15) is 5.26 Å². The zero-order valence-corrected chi connectivity index (χ0v) is 9.66. The summed E-state index contributed by atoms with van der Waals surface area (Å²) in [6.07, 6.45) is 5.20. The van der Waals surface area contributed by atoms with Crippen LogP contribution in [0.5, 0.6) is 0 Å². The molecule has 1 N–H and O–H groups in total. The summed E-state index contributed by atoms with van der Waals surface area (Å²) in [6.45, 7) is 3.23. The van der Waals surface area contributed by atoms with Crippen LogP contribution in [0.4, 0.5) is 5.82 Å². The molecule has 1 saturated carbocycles. The Hall–Kier alpha value is -1.56. The first-order valence-corrected chi connectivity index (χ1v) is 5.89. The number of pyridine rings is 1. The number of aromatic nitrogens is 1. The van der Waals surface area contributed by atoms with E-state index in [0.717, 1.165) is 12.4 Å². The van der Waals surface area contributed by atoms with Crippen molar-refractivity contribution in [3.8, 4) is 6.07 Å². The summed E-state index contributed by atoms with van der Waals surface area (Å²) in [5.41, 5.74) is 0.953. The molecule has 0 unspecified atom stereocenters. The second-order valence-corrected chi connectivity index (χ2v) is 4.58. The third kappa shape index (κ3) is 2.16. The Kier molecular flexibility index (Phi) is 3.09. The minimum Gasteiger partial charge on any atom is -0.369 e. The van der Waals surface area contributed by atoms with Gasteiger partial charge in [0.15, 0.2) is 0 Å². The van der Waals surface area contributed by atoms with Crippen molar-refractivity contribution >= 4 is 5.82 Å². The molecule has 2 rings (SSSR count). The summed E-state index contributed by atoms with van der Waals surface area (Å²) >= 11 is 0. The molecule has 1 aromatic rings. The zero-order valence-electron chi connectivity index (χ0n) is 9.66. The molecule has 1 fully saturated rings. The number of nitrogens with zero attached hydrogens (tertiary/aromatic N) is 2. The van der Waals surface area contributed by atoms with Crippen molar-refractivity contribution in [3.63, 3.8) is 0 Å². The van der Waals surface area contributed by atoms with Crippen LogP contribution in [-0.4, -0.2) is 11.5 Å². The second-order valence-electron chi connectivity index (χ2n) is 4.58. The van der Waals surface area contributed by atoms with E-state index in [0.29, 0.717) is 11.1 Å². The SMILES string of the molecule is CCC1(CNc2cccc(C#N)n2)CCC1. The maximum atomic E-state index is 8.75. The number of nitrogens with one attached hydrogen (secondary N) is 1. The molecule has 0 aromatic carbocycles. The molecule has 84 valence electrons. The van der Waals surface area contributed by atoms with Crippen molar-refractivity contribution in [1.29, 1.82) is 5.26 Å². The molecule has 16 heavy (non-hydrogen) atoms. The van der Waals surface area contributed by atoms with Crippen molar-refractivity contribution in [3.05, 3.63) is 23.9 Å². The molecule has 0 amide bonds. The van der Waals surface area contributed by atoms with Gasteiger partial charge in [-0.15, -0.1) is 0 Å². The van der Waals surface area contributed by atoms with Crippen LogP contribution in [0.3, 0.4) is 0 Å². The molecule has 3 nitrogen and oxygen atoms in total. The van der Waals surface area contributed by atoms with Crippen molar-refractivity contribution < 1.29 is 0 Å². The van der Waals surface area contributed by atoms with Gasteiger partial charge in [0.25, 0.3) is 0 Å². The summed E-state index contributed by atoms with van der Waals surface area (Å²) in [4.78, 5) is 4.21. The third-order valence-corrected chi connectivity index (χ3v) is 3.67. The highest BCUT2D eigenvalue weighted by Crippen LogP contribution is 2.43. The fraction of sp³-hybridized carbons (Fsp3) is 0.538. The van der Waals surface area contributed by atoms with Gasteiger partial charge in [-0.3, -0.25) is 0 Å². The first kappa shape index (κ1) is 10.9. The lowest BCUT2D eigenvalue weighted by Gasteiger charge is -2.41. The molecular weight excluding hydrogens is 198 g/mol. The van der Waals surface area contributed by atoms with E-state index in [-0.39, 0.29) is 0 Å². The fourth-order valence-corrected chi connectivity index (χ4v) is 2.21. The predicted octanol–water partition coefficient (Wildman–Crippen LogP) is 2.95. The van der Waals surface area contributed by atoms with Crippen molar-refractivity contribution in [2.24, 2.45) is 5.41 Å². The molecule has 0 bridgehead atoms. The molecule has 0 radical (unpaired) electrons. The standard InChI is InChI=1S/C13H17N3/c1-2-13(7-4-8-13)10-15-12-6-3-5-11(9-14)16-12/h3,5-6H,2,4,7-8,10H2,1H3,(H,15,16).